The Morgan fingerprint density at radius 2 is 2.26 bits per heavy atom. The van der Waals surface area contributed by atoms with Crippen molar-refractivity contribution in [1.82, 2.24) is 10.3 Å². The maximum atomic E-state index is 10.6. The molecule has 0 spiro atoms. The topological polar surface area (TPSA) is 71.3 Å². The summed E-state index contributed by atoms with van der Waals surface area (Å²) in [7, 11) is 0. The number of hydrogen-bond donors (Lipinski definition) is 1. The summed E-state index contributed by atoms with van der Waals surface area (Å²) in [6, 6.07) is 4.37. The van der Waals surface area contributed by atoms with Crippen LogP contribution in [0.15, 0.2) is 18.3 Å². The van der Waals surface area contributed by atoms with Crippen LogP contribution in [0.1, 0.15) is 25.7 Å². The van der Waals surface area contributed by atoms with Crippen molar-refractivity contribution in [2.45, 2.75) is 37.8 Å². The summed E-state index contributed by atoms with van der Waals surface area (Å²) in [6.07, 6.45) is 6.47. The zero-order chi connectivity index (χ0) is 13.2. The minimum Gasteiger partial charge on any atom is -0.364 e. The highest BCUT2D eigenvalue weighted by atomic mass is 16.6. The van der Waals surface area contributed by atoms with Gasteiger partial charge in [-0.3, -0.25) is 0 Å². The standard InChI is InChI=1S/C13H18N4O2/c18-17(19)13-6-5-10(9-15-13)16-8-2-4-12(16)11-3-1-7-14-11/h5-6,9,11-12,14H,1-4,7-8H2. The number of hydrogen-bond acceptors (Lipinski definition) is 5. The number of nitrogens with zero attached hydrogens (tertiary/aromatic N) is 3. The Kier molecular flexibility index (Phi) is 3.33. The minimum atomic E-state index is -0.455. The molecule has 0 aliphatic carbocycles. The van der Waals surface area contributed by atoms with Crippen LogP contribution in [-0.4, -0.2) is 35.1 Å². The van der Waals surface area contributed by atoms with Crippen molar-refractivity contribution in [3.05, 3.63) is 28.4 Å². The van der Waals surface area contributed by atoms with Gasteiger partial charge in [0.05, 0.1) is 5.69 Å². The van der Waals surface area contributed by atoms with Crippen LogP contribution in [0, 0.1) is 10.1 Å². The average molecular weight is 262 g/mol. The van der Waals surface area contributed by atoms with E-state index in [1.807, 2.05) is 6.07 Å². The van der Waals surface area contributed by atoms with Crippen molar-refractivity contribution in [2.24, 2.45) is 0 Å². The molecule has 0 amide bonds. The maximum Gasteiger partial charge on any atom is 0.363 e. The molecule has 3 rings (SSSR count). The second-order valence-corrected chi connectivity index (χ2v) is 5.24. The summed E-state index contributed by atoms with van der Waals surface area (Å²) in [6.45, 7) is 2.12. The molecule has 2 saturated heterocycles. The Labute approximate surface area is 112 Å². The number of rotatable bonds is 3. The molecular formula is C13H18N4O2. The second kappa shape index (κ2) is 5.13. The van der Waals surface area contributed by atoms with E-state index in [1.165, 1.54) is 31.7 Å². The highest BCUT2D eigenvalue weighted by molar-refractivity contribution is 5.49. The molecule has 0 saturated carbocycles. The first-order valence-corrected chi connectivity index (χ1v) is 6.86. The molecule has 2 aliphatic heterocycles. The van der Waals surface area contributed by atoms with Crippen LogP contribution in [-0.2, 0) is 0 Å². The molecule has 0 radical (unpaired) electrons. The fraction of sp³-hybridized carbons (Fsp3) is 0.615. The third kappa shape index (κ3) is 2.40. The van der Waals surface area contributed by atoms with Gasteiger partial charge in [-0.15, -0.1) is 0 Å². The van der Waals surface area contributed by atoms with Gasteiger partial charge in [0.25, 0.3) is 0 Å². The van der Waals surface area contributed by atoms with Crippen LogP contribution in [0.25, 0.3) is 0 Å². The van der Waals surface area contributed by atoms with Gasteiger partial charge in [0.1, 0.15) is 0 Å². The highest BCUT2D eigenvalue weighted by Gasteiger charge is 2.33. The molecule has 1 N–H and O–H groups in total. The third-order valence-electron chi connectivity index (χ3n) is 4.11. The fourth-order valence-electron chi connectivity index (χ4n) is 3.23. The van der Waals surface area contributed by atoms with E-state index in [9.17, 15) is 10.1 Å². The van der Waals surface area contributed by atoms with Gasteiger partial charge in [-0.1, -0.05) is 0 Å². The largest absolute Gasteiger partial charge is 0.364 e. The fourth-order valence-corrected chi connectivity index (χ4v) is 3.23. The van der Waals surface area contributed by atoms with Gasteiger partial charge in [-0.05, 0) is 48.2 Å². The Balaban J connectivity index is 1.78. The first-order chi connectivity index (χ1) is 9.25. The zero-order valence-electron chi connectivity index (χ0n) is 10.8. The number of anilines is 1. The normalized spacial score (nSPS) is 26.8. The van der Waals surface area contributed by atoms with Crippen molar-refractivity contribution in [3.8, 4) is 0 Å². The molecule has 1 aromatic rings. The number of pyridine rings is 1. The molecule has 102 valence electrons. The second-order valence-electron chi connectivity index (χ2n) is 5.24. The van der Waals surface area contributed by atoms with Crippen LogP contribution in [0.2, 0.25) is 0 Å². The first kappa shape index (κ1) is 12.3. The summed E-state index contributed by atoms with van der Waals surface area (Å²) in [5.74, 6) is -0.0847. The predicted molar refractivity (Wildman–Crippen MR) is 72.3 cm³/mol. The van der Waals surface area contributed by atoms with E-state index in [1.54, 1.807) is 6.20 Å². The van der Waals surface area contributed by atoms with E-state index in [4.69, 9.17) is 0 Å². The van der Waals surface area contributed by atoms with E-state index in [0.29, 0.717) is 12.1 Å². The van der Waals surface area contributed by atoms with E-state index in [0.717, 1.165) is 18.8 Å². The number of nitrogens with one attached hydrogen (secondary N) is 1. The maximum absolute atomic E-state index is 10.6. The molecule has 0 bridgehead atoms. The molecule has 6 heteroatoms. The monoisotopic (exact) mass is 262 g/mol. The van der Waals surface area contributed by atoms with Gasteiger partial charge in [-0.2, -0.15) is 0 Å². The van der Waals surface area contributed by atoms with E-state index < -0.39 is 4.92 Å². The Bertz CT molecular complexity index is 456. The van der Waals surface area contributed by atoms with Gasteiger partial charge in [0, 0.05) is 24.7 Å². The van der Waals surface area contributed by atoms with Crippen LogP contribution < -0.4 is 10.2 Å². The van der Waals surface area contributed by atoms with Gasteiger partial charge in [0.15, 0.2) is 6.20 Å². The molecule has 2 aliphatic rings. The molecule has 0 aromatic carbocycles. The summed E-state index contributed by atoms with van der Waals surface area (Å²) < 4.78 is 0. The van der Waals surface area contributed by atoms with Crippen LogP contribution in [0.4, 0.5) is 11.5 Å². The van der Waals surface area contributed by atoms with Crippen LogP contribution >= 0.6 is 0 Å². The molecule has 2 atom stereocenters. The average Bonchev–Trinajstić information content (AvgIpc) is 3.09. The van der Waals surface area contributed by atoms with E-state index in [-0.39, 0.29) is 5.82 Å². The summed E-state index contributed by atoms with van der Waals surface area (Å²) in [5, 5.41) is 14.2. The van der Waals surface area contributed by atoms with Gasteiger partial charge >= 0.3 is 5.82 Å². The molecular weight excluding hydrogens is 244 g/mol. The first-order valence-electron chi connectivity index (χ1n) is 6.86. The van der Waals surface area contributed by atoms with Crippen molar-refractivity contribution >= 4 is 11.5 Å². The van der Waals surface area contributed by atoms with Gasteiger partial charge in [0.2, 0.25) is 0 Å². The smallest absolute Gasteiger partial charge is 0.363 e. The van der Waals surface area contributed by atoms with E-state index >= 15 is 0 Å². The number of aromatic nitrogens is 1. The zero-order valence-corrected chi connectivity index (χ0v) is 10.8. The van der Waals surface area contributed by atoms with E-state index in [2.05, 4.69) is 15.2 Å². The lowest BCUT2D eigenvalue weighted by Crippen LogP contribution is -2.44. The molecule has 2 unspecified atom stereocenters. The summed E-state index contributed by atoms with van der Waals surface area (Å²) in [5.41, 5.74) is 1.00. The quantitative estimate of drug-likeness (QED) is 0.663. The van der Waals surface area contributed by atoms with Crippen molar-refractivity contribution in [2.75, 3.05) is 18.0 Å². The molecule has 1 aromatic heterocycles. The molecule has 6 nitrogen and oxygen atoms in total. The lowest BCUT2D eigenvalue weighted by Gasteiger charge is -2.30. The van der Waals surface area contributed by atoms with Gasteiger partial charge in [-0.25, -0.2) is 0 Å². The SMILES string of the molecule is O=[N+]([O-])c1ccc(N2CCCC2C2CCCN2)cn1. The lowest BCUT2D eigenvalue weighted by atomic mass is 10.0. The molecule has 3 heterocycles. The van der Waals surface area contributed by atoms with Crippen molar-refractivity contribution in [1.29, 1.82) is 0 Å². The highest BCUT2D eigenvalue weighted by Crippen LogP contribution is 2.30. The van der Waals surface area contributed by atoms with Crippen molar-refractivity contribution < 1.29 is 4.92 Å². The summed E-state index contributed by atoms with van der Waals surface area (Å²) >= 11 is 0. The summed E-state index contributed by atoms with van der Waals surface area (Å²) in [4.78, 5) is 16.4. The minimum absolute atomic E-state index is 0.0847. The Hall–Kier alpha value is -1.69. The number of nitro groups is 1. The molecule has 19 heavy (non-hydrogen) atoms. The Morgan fingerprint density at radius 3 is 2.89 bits per heavy atom. The van der Waals surface area contributed by atoms with Crippen LogP contribution in [0.3, 0.4) is 0 Å². The van der Waals surface area contributed by atoms with Crippen LogP contribution in [0.5, 0.6) is 0 Å². The lowest BCUT2D eigenvalue weighted by molar-refractivity contribution is -0.389. The predicted octanol–water partition coefficient (Wildman–Crippen LogP) is 1.71. The third-order valence-corrected chi connectivity index (χ3v) is 4.11. The Morgan fingerprint density at radius 1 is 1.37 bits per heavy atom. The van der Waals surface area contributed by atoms with Crippen molar-refractivity contribution in [3.63, 3.8) is 0 Å². The van der Waals surface area contributed by atoms with Gasteiger partial charge < -0.3 is 20.3 Å². The molecule has 2 fully saturated rings.